The Labute approximate surface area is 77.7 Å². The van der Waals surface area contributed by atoms with Gasteiger partial charge in [-0.2, -0.15) is 0 Å². The number of hydrogen-bond acceptors (Lipinski definition) is 1. The molecule has 1 saturated carbocycles. The first-order chi connectivity index (χ1) is 5.85. The average molecular weight is 185 g/mol. The lowest BCUT2D eigenvalue weighted by molar-refractivity contribution is 0.166. The third kappa shape index (κ3) is 1.38. The Balaban J connectivity index is 2.01. The Morgan fingerprint density at radius 1 is 1.50 bits per heavy atom. The molecule has 12 heavy (non-hydrogen) atoms. The van der Waals surface area contributed by atoms with Crippen molar-refractivity contribution < 1.29 is 4.42 Å². The molecule has 0 amide bonds. The second-order valence-electron chi connectivity index (χ2n) is 3.80. The van der Waals surface area contributed by atoms with Gasteiger partial charge in [-0.3, -0.25) is 0 Å². The van der Waals surface area contributed by atoms with Crippen molar-refractivity contribution in [3.63, 3.8) is 0 Å². The van der Waals surface area contributed by atoms with Crippen LogP contribution < -0.4 is 0 Å². The molecule has 0 N–H and O–H groups in total. The molecule has 1 nitrogen and oxygen atoms in total. The maximum atomic E-state index is 5.95. The smallest absolute Gasteiger partial charge is 0.0934 e. The fourth-order valence-corrected chi connectivity index (χ4v) is 2.22. The van der Waals surface area contributed by atoms with E-state index in [1.807, 2.05) is 12.3 Å². The highest BCUT2D eigenvalue weighted by Crippen LogP contribution is 2.44. The Morgan fingerprint density at radius 3 is 2.75 bits per heavy atom. The molecule has 0 bridgehead atoms. The Bertz CT molecular complexity index is 231. The summed E-state index contributed by atoms with van der Waals surface area (Å²) in [6, 6.07) is 2.03. The van der Waals surface area contributed by atoms with E-state index in [2.05, 4.69) is 0 Å². The first kappa shape index (κ1) is 8.18. The van der Waals surface area contributed by atoms with Crippen molar-refractivity contribution in [3.05, 3.63) is 24.2 Å². The highest BCUT2D eigenvalue weighted by Gasteiger charge is 2.36. The zero-order valence-electron chi connectivity index (χ0n) is 7.05. The maximum absolute atomic E-state index is 5.95. The van der Waals surface area contributed by atoms with E-state index in [0.29, 0.717) is 5.41 Å². The summed E-state index contributed by atoms with van der Waals surface area (Å²) >= 11 is 5.95. The van der Waals surface area contributed by atoms with Gasteiger partial charge in [-0.25, -0.2) is 0 Å². The van der Waals surface area contributed by atoms with E-state index in [-0.39, 0.29) is 0 Å². The van der Waals surface area contributed by atoms with Gasteiger partial charge in [0.05, 0.1) is 12.5 Å². The van der Waals surface area contributed by atoms with E-state index in [4.69, 9.17) is 16.0 Å². The average Bonchev–Trinajstić information content (AvgIpc) is 2.49. The zero-order chi connectivity index (χ0) is 8.44. The monoisotopic (exact) mass is 184 g/mol. The molecule has 2 heteroatoms. The summed E-state index contributed by atoms with van der Waals surface area (Å²) < 4.78 is 5.03. The predicted molar refractivity (Wildman–Crippen MR) is 49.4 cm³/mol. The molecule has 0 unspecified atom stereocenters. The molecule has 2 rings (SSSR count). The van der Waals surface area contributed by atoms with Crippen molar-refractivity contribution in [3.8, 4) is 0 Å². The normalized spacial score (nSPS) is 20.4. The van der Waals surface area contributed by atoms with Crippen LogP contribution in [0, 0.1) is 5.41 Å². The lowest BCUT2D eigenvalue weighted by Gasteiger charge is -2.40. The summed E-state index contributed by atoms with van der Waals surface area (Å²) in [5.74, 6) is 0.790. The Kier molecular flexibility index (Phi) is 2.14. The molecule has 0 radical (unpaired) electrons. The molecule has 1 aliphatic rings. The molecule has 0 atom stereocenters. The van der Waals surface area contributed by atoms with Crippen molar-refractivity contribution in [2.75, 3.05) is 5.88 Å². The topological polar surface area (TPSA) is 13.1 Å². The molecule has 1 aromatic rings. The van der Waals surface area contributed by atoms with Crippen molar-refractivity contribution in [1.82, 2.24) is 0 Å². The molecular weight excluding hydrogens is 172 g/mol. The van der Waals surface area contributed by atoms with Crippen molar-refractivity contribution in [1.29, 1.82) is 0 Å². The summed E-state index contributed by atoms with van der Waals surface area (Å²) in [5.41, 5.74) is 1.68. The molecule has 1 aromatic heterocycles. The molecule has 0 aliphatic heterocycles. The standard InChI is InChI=1S/C10H13ClO/c11-8-10(3-1-4-10)6-9-2-5-12-7-9/h2,5,7H,1,3-4,6,8H2. The molecule has 0 spiro atoms. The van der Waals surface area contributed by atoms with Crippen LogP contribution in [0.1, 0.15) is 24.8 Å². The third-order valence-electron chi connectivity index (χ3n) is 2.86. The van der Waals surface area contributed by atoms with Crippen molar-refractivity contribution in [2.45, 2.75) is 25.7 Å². The van der Waals surface area contributed by atoms with E-state index < -0.39 is 0 Å². The van der Waals surface area contributed by atoms with Crippen molar-refractivity contribution >= 4 is 11.6 Å². The molecule has 1 aliphatic carbocycles. The Morgan fingerprint density at radius 2 is 2.33 bits per heavy atom. The van der Waals surface area contributed by atoms with Crippen LogP contribution >= 0.6 is 11.6 Å². The number of alkyl halides is 1. The van der Waals surface area contributed by atoms with Crippen LogP contribution in [-0.2, 0) is 6.42 Å². The molecule has 0 aromatic carbocycles. The summed E-state index contributed by atoms with van der Waals surface area (Å²) in [7, 11) is 0. The maximum Gasteiger partial charge on any atom is 0.0934 e. The van der Waals surface area contributed by atoms with E-state index in [1.165, 1.54) is 24.8 Å². The highest BCUT2D eigenvalue weighted by atomic mass is 35.5. The third-order valence-corrected chi connectivity index (χ3v) is 3.42. The highest BCUT2D eigenvalue weighted by molar-refractivity contribution is 6.18. The minimum atomic E-state index is 0.394. The quantitative estimate of drug-likeness (QED) is 0.658. The number of halogens is 1. The van der Waals surface area contributed by atoms with Crippen molar-refractivity contribution in [2.24, 2.45) is 5.41 Å². The number of furan rings is 1. The fraction of sp³-hybridized carbons (Fsp3) is 0.600. The van der Waals surface area contributed by atoms with Gasteiger partial charge in [-0.15, -0.1) is 11.6 Å². The predicted octanol–water partition coefficient (Wildman–Crippen LogP) is 3.23. The Hall–Kier alpha value is -0.430. The minimum Gasteiger partial charge on any atom is -0.472 e. The van der Waals surface area contributed by atoms with Crippen LogP contribution in [0.2, 0.25) is 0 Å². The lowest BCUT2D eigenvalue weighted by atomic mass is 9.67. The molecule has 1 heterocycles. The first-order valence-corrected chi connectivity index (χ1v) is 4.95. The van der Waals surface area contributed by atoms with Gasteiger partial charge in [0.1, 0.15) is 0 Å². The second kappa shape index (κ2) is 3.14. The van der Waals surface area contributed by atoms with Gasteiger partial charge in [-0.1, -0.05) is 6.42 Å². The van der Waals surface area contributed by atoms with Crippen LogP contribution in [0.3, 0.4) is 0 Å². The summed E-state index contributed by atoms with van der Waals surface area (Å²) in [5, 5.41) is 0. The molecule has 66 valence electrons. The summed E-state index contributed by atoms with van der Waals surface area (Å²) in [4.78, 5) is 0. The first-order valence-electron chi connectivity index (χ1n) is 4.42. The second-order valence-corrected chi connectivity index (χ2v) is 4.06. The number of rotatable bonds is 3. The lowest BCUT2D eigenvalue weighted by Crippen LogP contribution is -2.33. The summed E-state index contributed by atoms with van der Waals surface area (Å²) in [6.07, 6.45) is 8.55. The van der Waals surface area contributed by atoms with E-state index >= 15 is 0 Å². The summed E-state index contributed by atoms with van der Waals surface area (Å²) in [6.45, 7) is 0. The molecule has 1 fully saturated rings. The van der Waals surface area contributed by atoms with Crippen LogP contribution in [0.5, 0.6) is 0 Å². The van der Waals surface area contributed by atoms with Gasteiger partial charge < -0.3 is 4.42 Å². The van der Waals surface area contributed by atoms with Crippen LogP contribution in [0.4, 0.5) is 0 Å². The van der Waals surface area contributed by atoms with Crippen LogP contribution in [-0.4, -0.2) is 5.88 Å². The van der Waals surface area contributed by atoms with Crippen LogP contribution in [0.15, 0.2) is 23.0 Å². The largest absolute Gasteiger partial charge is 0.472 e. The molecule has 0 saturated heterocycles. The van der Waals surface area contributed by atoms with E-state index in [0.717, 1.165) is 12.3 Å². The SMILES string of the molecule is ClCC1(Cc2ccoc2)CCC1. The van der Waals surface area contributed by atoms with E-state index in [9.17, 15) is 0 Å². The molecular formula is C10H13ClO. The fourth-order valence-electron chi connectivity index (χ4n) is 1.86. The van der Waals surface area contributed by atoms with Crippen LogP contribution in [0.25, 0.3) is 0 Å². The van der Waals surface area contributed by atoms with Gasteiger partial charge in [0.15, 0.2) is 0 Å². The minimum absolute atomic E-state index is 0.394. The number of hydrogen-bond donors (Lipinski definition) is 0. The van der Waals surface area contributed by atoms with Gasteiger partial charge in [0.2, 0.25) is 0 Å². The van der Waals surface area contributed by atoms with E-state index in [1.54, 1.807) is 6.26 Å². The van der Waals surface area contributed by atoms with Gasteiger partial charge >= 0.3 is 0 Å². The zero-order valence-corrected chi connectivity index (χ0v) is 7.81. The van der Waals surface area contributed by atoms with Gasteiger partial charge in [0.25, 0.3) is 0 Å². The van der Waals surface area contributed by atoms with Gasteiger partial charge in [-0.05, 0) is 36.3 Å². The van der Waals surface area contributed by atoms with Gasteiger partial charge in [0, 0.05) is 5.88 Å².